The maximum Gasteiger partial charge on any atom is 0.351 e. The van der Waals surface area contributed by atoms with Crippen LogP contribution < -0.4 is 22.1 Å². The largest absolute Gasteiger partial charge is 0.480 e. The Morgan fingerprint density at radius 2 is 1.74 bits per heavy atom. The van der Waals surface area contributed by atoms with Crippen LogP contribution in [0.1, 0.15) is 24.6 Å². The Morgan fingerprint density at radius 3 is 2.35 bits per heavy atom. The van der Waals surface area contributed by atoms with Gasteiger partial charge in [-0.25, -0.2) is 9.59 Å². The van der Waals surface area contributed by atoms with Crippen LogP contribution in [0.2, 0.25) is 0 Å². The van der Waals surface area contributed by atoms with Gasteiger partial charge < -0.3 is 36.4 Å². The van der Waals surface area contributed by atoms with Crippen LogP contribution in [0.5, 0.6) is 0 Å². The van der Waals surface area contributed by atoms with Gasteiger partial charge in [-0.05, 0) is 35.6 Å². The normalized spacial score (nSPS) is 19.4. The Balaban J connectivity index is 1.28. The van der Waals surface area contributed by atoms with Crippen molar-refractivity contribution in [2.45, 2.75) is 49.8 Å². The number of ether oxygens (including phenoxy) is 1. The number of anilines is 1. The highest BCUT2D eigenvalue weighted by Gasteiger charge is 2.38. The van der Waals surface area contributed by atoms with Gasteiger partial charge in [0, 0.05) is 18.2 Å². The lowest BCUT2D eigenvalue weighted by Crippen LogP contribution is -2.49. The number of aliphatic hydroxyl groups is 2. The fourth-order valence-electron chi connectivity index (χ4n) is 4.59. The summed E-state index contributed by atoms with van der Waals surface area (Å²) >= 11 is 0. The van der Waals surface area contributed by atoms with Gasteiger partial charge in [-0.3, -0.25) is 14.2 Å². The van der Waals surface area contributed by atoms with Crippen LogP contribution in [0, 0.1) is 0 Å². The lowest BCUT2D eigenvalue weighted by molar-refractivity contribution is -0.142. The summed E-state index contributed by atoms with van der Waals surface area (Å²) in [5.41, 5.74) is 8.26. The molecule has 1 fully saturated rings. The first-order valence-electron chi connectivity index (χ1n) is 13.5. The number of nitrogens with zero attached hydrogens (tertiary/aromatic N) is 2. The molecule has 0 spiro atoms. The molecule has 0 saturated carbocycles. The van der Waals surface area contributed by atoms with E-state index in [-0.39, 0.29) is 30.7 Å². The Bertz CT molecular complexity index is 1530. The molecule has 1 aliphatic rings. The molecule has 1 aromatic heterocycles. The number of rotatable bonds is 12. The fourth-order valence-corrected chi connectivity index (χ4v) is 4.59. The summed E-state index contributed by atoms with van der Waals surface area (Å²) in [6.07, 6.45) is -2.22. The minimum Gasteiger partial charge on any atom is -0.480 e. The van der Waals surface area contributed by atoms with Crippen LogP contribution in [0.15, 0.2) is 83.8 Å². The second-order valence-electron chi connectivity index (χ2n) is 10.1. The number of hydrogen-bond acceptors (Lipinski definition) is 9. The quantitative estimate of drug-likeness (QED) is 0.162. The lowest BCUT2D eigenvalue weighted by Gasteiger charge is -2.18. The van der Waals surface area contributed by atoms with Gasteiger partial charge in [-0.2, -0.15) is 4.98 Å². The topological polar surface area (TPSA) is 206 Å². The zero-order valence-electron chi connectivity index (χ0n) is 23.1. The minimum absolute atomic E-state index is 0.0923. The predicted octanol–water partition coefficient (Wildman–Crippen LogP) is 0.575. The van der Waals surface area contributed by atoms with E-state index in [1.807, 2.05) is 54.6 Å². The zero-order chi connectivity index (χ0) is 31.1. The Labute approximate surface area is 246 Å². The molecular formula is C30H33N5O8. The summed E-state index contributed by atoms with van der Waals surface area (Å²) in [7, 11) is 0. The summed E-state index contributed by atoms with van der Waals surface area (Å²) in [6.45, 7) is 3.22. The number of carboxylic acids is 1. The van der Waals surface area contributed by atoms with Gasteiger partial charge in [0.25, 0.3) is 0 Å². The molecule has 2 heterocycles. The van der Waals surface area contributed by atoms with Gasteiger partial charge >= 0.3 is 11.7 Å². The first-order chi connectivity index (χ1) is 20.6. The molecule has 226 valence electrons. The van der Waals surface area contributed by atoms with E-state index in [0.717, 1.165) is 21.3 Å². The molecule has 3 aromatic rings. The van der Waals surface area contributed by atoms with Gasteiger partial charge in [0.1, 0.15) is 24.1 Å². The number of carboxylic acid groups (broad SMARTS) is 1. The van der Waals surface area contributed by atoms with Crippen molar-refractivity contribution in [2.24, 2.45) is 5.73 Å². The third-order valence-corrected chi connectivity index (χ3v) is 7.01. The molecule has 1 saturated heterocycles. The van der Waals surface area contributed by atoms with E-state index < -0.39 is 60.6 Å². The SMILES string of the molecule is C=C1[C@H](n2ccc(NC(=O)CCC(NC(=O)[C@@H](N)Cc3ccc(-c4ccccc4)cc3)C(=O)O)nc2=O)O[C@H](CO)[C@H]1O. The molecule has 43 heavy (non-hydrogen) atoms. The van der Waals surface area contributed by atoms with E-state index in [4.69, 9.17) is 10.5 Å². The number of amides is 2. The van der Waals surface area contributed by atoms with Crippen molar-refractivity contribution in [3.8, 4) is 11.1 Å². The summed E-state index contributed by atoms with van der Waals surface area (Å²) in [5.74, 6) is -2.73. The second kappa shape index (κ2) is 14.0. The second-order valence-corrected chi connectivity index (χ2v) is 10.1. The first-order valence-corrected chi connectivity index (χ1v) is 13.5. The molecule has 0 bridgehead atoms. The average molecular weight is 592 g/mol. The maximum absolute atomic E-state index is 12.7. The van der Waals surface area contributed by atoms with E-state index >= 15 is 0 Å². The fraction of sp³-hybridized carbons (Fsp3) is 0.300. The van der Waals surface area contributed by atoms with Gasteiger partial charge in [-0.1, -0.05) is 61.2 Å². The number of aromatic nitrogens is 2. The van der Waals surface area contributed by atoms with Gasteiger partial charge in [0.2, 0.25) is 11.8 Å². The molecule has 13 heteroatoms. The van der Waals surface area contributed by atoms with Crippen molar-refractivity contribution >= 4 is 23.6 Å². The monoisotopic (exact) mass is 591 g/mol. The highest BCUT2D eigenvalue weighted by molar-refractivity contribution is 5.91. The Morgan fingerprint density at radius 1 is 1.07 bits per heavy atom. The summed E-state index contributed by atoms with van der Waals surface area (Å²) < 4.78 is 6.50. The smallest absolute Gasteiger partial charge is 0.351 e. The molecule has 7 N–H and O–H groups in total. The number of nitrogens with one attached hydrogen (secondary N) is 2. The summed E-state index contributed by atoms with van der Waals surface area (Å²) in [5, 5.41) is 33.7. The standard InChI is InChI=1S/C30H33N5O8/c1-17-26(38)23(16-36)43-28(17)35-14-13-24(34-30(35)42)33-25(37)12-11-22(29(40)41)32-27(39)21(31)15-18-7-9-20(10-8-18)19-5-3-2-4-6-19/h2-10,13-14,21-23,26,28,36,38H,1,11-12,15-16,31H2,(H,32,39)(H,40,41)(H,33,34,37,42)/t21-,22?,23+,26-,28+/m0/s1. The highest BCUT2D eigenvalue weighted by Crippen LogP contribution is 2.31. The van der Waals surface area contributed by atoms with Crippen molar-refractivity contribution in [2.75, 3.05) is 11.9 Å². The lowest BCUT2D eigenvalue weighted by atomic mass is 10.0. The maximum atomic E-state index is 12.7. The van der Waals surface area contributed by atoms with Crippen LogP contribution >= 0.6 is 0 Å². The van der Waals surface area contributed by atoms with E-state index in [9.17, 15) is 34.5 Å². The molecule has 2 amide bonds. The summed E-state index contributed by atoms with van der Waals surface area (Å²) in [4.78, 5) is 53.2. The van der Waals surface area contributed by atoms with E-state index in [1.54, 1.807) is 0 Å². The van der Waals surface area contributed by atoms with Crippen molar-refractivity contribution in [1.29, 1.82) is 0 Å². The number of carbonyl (C=O) groups excluding carboxylic acids is 2. The van der Waals surface area contributed by atoms with Crippen molar-refractivity contribution in [3.63, 3.8) is 0 Å². The molecule has 1 unspecified atom stereocenters. The van der Waals surface area contributed by atoms with E-state index in [2.05, 4.69) is 22.2 Å². The Hall–Kier alpha value is -4.69. The highest BCUT2D eigenvalue weighted by atomic mass is 16.5. The van der Waals surface area contributed by atoms with Crippen molar-refractivity contribution in [1.82, 2.24) is 14.9 Å². The van der Waals surface area contributed by atoms with Gasteiger partial charge in [-0.15, -0.1) is 0 Å². The van der Waals surface area contributed by atoms with Crippen molar-refractivity contribution in [3.05, 3.63) is 95.1 Å². The number of carbonyl (C=O) groups is 3. The number of aliphatic carboxylic acids is 1. The molecule has 1 aliphatic heterocycles. The van der Waals surface area contributed by atoms with Gasteiger partial charge in [0.05, 0.1) is 12.6 Å². The molecule has 4 rings (SSSR count). The molecular weight excluding hydrogens is 558 g/mol. The van der Waals surface area contributed by atoms with Gasteiger partial charge in [0.15, 0.2) is 6.23 Å². The zero-order valence-corrected chi connectivity index (χ0v) is 23.1. The van der Waals surface area contributed by atoms with E-state index in [0.29, 0.717) is 0 Å². The van der Waals surface area contributed by atoms with Crippen LogP contribution in [-0.4, -0.2) is 73.6 Å². The number of aliphatic hydroxyl groups excluding tert-OH is 2. The minimum atomic E-state index is -1.37. The molecule has 0 radical (unpaired) electrons. The average Bonchev–Trinajstić information content (AvgIpc) is 3.28. The third kappa shape index (κ3) is 7.78. The van der Waals surface area contributed by atoms with Crippen LogP contribution in [-0.2, 0) is 25.5 Å². The number of nitrogens with two attached hydrogens (primary N) is 1. The number of hydrogen-bond donors (Lipinski definition) is 6. The third-order valence-electron chi connectivity index (χ3n) is 7.01. The van der Waals surface area contributed by atoms with Crippen LogP contribution in [0.25, 0.3) is 11.1 Å². The molecule has 5 atom stereocenters. The predicted molar refractivity (Wildman–Crippen MR) is 156 cm³/mol. The van der Waals surface area contributed by atoms with Crippen LogP contribution in [0.4, 0.5) is 5.82 Å². The molecule has 2 aromatic carbocycles. The first kappa shape index (κ1) is 31.3. The van der Waals surface area contributed by atoms with Crippen molar-refractivity contribution < 1.29 is 34.4 Å². The van der Waals surface area contributed by atoms with Crippen LogP contribution in [0.3, 0.4) is 0 Å². The van der Waals surface area contributed by atoms with E-state index in [1.165, 1.54) is 12.3 Å². The number of benzene rings is 2. The molecule has 13 nitrogen and oxygen atoms in total. The molecule has 0 aliphatic carbocycles. The Kier molecular flexibility index (Phi) is 10.2. The summed E-state index contributed by atoms with van der Waals surface area (Å²) in [6, 6.07) is 16.2.